The lowest BCUT2D eigenvalue weighted by atomic mass is 10.0. The van der Waals surface area contributed by atoms with Crippen molar-refractivity contribution in [3.8, 4) is 6.07 Å². The standard InChI is InChI=1S/C10H6FNO3/c1-15-10(14)7-3-2-6(4-12)8(5-13)9(7)11/h2-3,5H,1H3. The van der Waals surface area contributed by atoms with Gasteiger partial charge in [-0.15, -0.1) is 0 Å². The molecule has 0 saturated heterocycles. The Hall–Kier alpha value is -2.22. The first-order valence-electron chi connectivity index (χ1n) is 3.91. The lowest BCUT2D eigenvalue weighted by Gasteiger charge is -2.03. The molecule has 0 N–H and O–H groups in total. The number of halogens is 1. The fraction of sp³-hybridized carbons (Fsp3) is 0.100. The molecule has 0 radical (unpaired) electrons. The molecule has 0 aromatic heterocycles. The van der Waals surface area contributed by atoms with Gasteiger partial charge in [0.05, 0.1) is 29.9 Å². The SMILES string of the molecule is COC(=O)c1ccc(C#N)c(C=O)c1F. The molecular formula is C10H6FNO3. The zero-order chi connectivity index (χ0) is 11.4. The van der Waals surface area contributed by atoms with Gasteiger partial charge < -0.3 is 4.74 Å². The van der Waals surface area contributed by atoms with Crippen LogP contribution in [0.4, 0.5) is 4.39 Å². The molecule has 0 amide bonds. The Balaban J connectivity index is 3.43. The number of aldehydes is 1. The van der Waals surface area contributed by atoms with E-state index in [2.05, 4.69) is 4.74 Å². The second-order valence-electron chi connectivity index (χ2n) is 2.61. The number of esters is 1. The quantitative estimate of drug-likeness (QED) is 0.541. The van der Waals surface area contributed by atoms with E-state index in [1.165, 1.54) is 6.07 Å². The van der Waals surface area contributed by atoms with Crippen LogP contribution >= 0.6 is 0 Å². The van der Waals surface area contributed by atoms with Crippen LogP contribution in [-0.2, 0) is 4.74 Å². The number of methoxy groups -OCH3 is 1. The van der Waals surface area contributed by atoms with E-state index in [9.17, 15) is 14.0 Å². The lowest BCUT2D eigenvalue weighted by Crippen LogP contribution is -2.07. The predicted molar refractivity (Wildman–Crippen MR) is 47.8 cm³/mol. The first-order valence-corrected chi connectivity index (χ1v) is 3.91. The van der Waals surface area contributed by atoms with Crippen LogP contribution < -0.4 is 0 Å². The van der Waals surface area contributed by atoms with Crippen LogP contribution in [-0.4, -0.2) is 19.4 Å². The van der Waals surface area contributed by atoms with Gasteiger partial charge in [0.25, 0.3) is 0 Å². The molecule has 0 bridgehead atoms. The molecule has 0 heterocycles. The summed E-state index contributed by atoms with van der Waals surface area (Å²) in [4.78, 5) is 21.6. The minimum atomic E-state index is -1.03. The molecule has 0 unspecified atom stereocenters. The van der Waals surface area contributed by atoms with E-state index >= 15 is 0 Å². The summed E-state index contributed by atoms with van der Waals surface area (Å²) in [7, 11) is 1.10. The molecule has 5 heteroatoms. The number of carbonyl (C=O) groups is 2. The van der Waals surface area contributed by atoms with E-state index in [1.807, 2.05) is 0 Å². The molecule has 1 aromatic rings. The van der Waals surface area contributed by atoms with Crippen molar-refractivity contribution in [1.29, 1.82) is 5.26 Å². The third-order valence-corrected chi connectivity index (χ3v) is 1.82. The molecule has 4 nitrogen and oxygen atoms in total. The van der Waals surface area contributed by atoms with Crippen LogP contribution in [0.3, 0.4) is 0 Å². The van der Waals surface area contributed by atoms with Crippen LogP contribution in [0.15, 0.2) is 12.1 Å². The number of ether oxygens (including phenoxy) is 1. The third-order valence-electron chi connectivity index (χ3n) is 1.82. The lowest BCUT2D eigenvalue weighted by molar-refractivity contribution is 0.0595. The minimum Gasteiger partial charge on any atom is -0.465 e. The highest BCUT2D eigenvalue weighted by molar-refractivity contribution is 5.93. The summed E-state index contributed by atoms with van der Waals surface area (Å²) >= 11 is 0. The van der Waals surface area contributed by atoms with Gasteiger partial charge in [-0.3, -0.25) is 4.79 Å². The molecule has 0 saturated carbocycles. The topological polar surface area (TPSA) is 67.2 Å². The summed E-state index contributed by atoms with van der Waals surface area (Å²) in [6.07, 6.45) is 0.195. The van der Waals surface area contributed by atoms with Crippen molar-refractivity contribution in [1.82, 2.24) is 0 Å². The van der Waals surface area contributed by atoms with Gasteiger partial charge in [-0.2, -0.15) is 5.26 Å². The molecule has 0 aliphatic rings. The number of hydrogen-bond donors (Lipinski definition) is 0. The Morgan fingerprint density at radius 1 is 1.60 bits per heavy atom. The second kappa shape index (κ2) is 4.33. The number of nitrogens with zero attached hydrogens (tertiary/aromatic N) is 1. The zero-order valence-electron chi connectivity index (χ0n) is 7.78. The van der Waals surface area contributed by atoms with E-state index in [4.69, 9.17) is 5.26 Å². The summed E-state index contributed by atoms with van der Waals surface area (Å²) in [5, 5.41) is 8.57. The van der Waals surface area contributed by atoms with Crippen molar-refractivity contribution in [2.24, 2.45) is 0 Å². The maximum absolute atomic E-state index is 13.5. The van der Waals surface area contributed by atoms with Crippen molar-refractivity contribution < 1.29 is 18.7 Å². The van der Waals surface area contributed by atoms with E-state index in [1.54, 1.807) is 6.07 Å². The van der Waals surface area contributed by atoms with Gasteiger partial charge in [0.15, 0.2) is 6.29 Å². The monoisotopic (exact) mass is 207 g/mol. The van der Waals surface area contributed by atoms with Crippen LogP contribution in [0, 0.1) is 17.1 Å². The van der Waals surface area contributed by atoms with E-state index < -0.39 is 17.3 Å². The minimum absolute atomic E-state index is 0.116. The van der Waals surface area contributed by atoms with E-state index in [0.29, 0.717) is 0 Å². The van der Waals surface area contributed by atoms with Gasteiger partial charge >= 0.3 is 5.97 Å². The Morgan fingerprint density at radius 3 is 2.73 bits per heavy atom. The number of nitriles is 1. The van der Waals surface area contributed by atoms with Gasteiger partial charge in [-0.1, -0.05) is 0 Å². The fourth-order valence-electron chi connectivity index (χ4n) is 1.07. The molecule has 0 aliphatic heterocycles. The number of benzene rings is 1. The molecule has 0 atom stereocenters. The molecule has 1 rings (SSSR count). The molecule has 1 aromatic carbocycles. The fourth-order valence-corrected chi connectivity index (χ4v) is 1.07. The number of rotatable bonds is 2. The Morgan fingerprint density at radius 2 is 2.27 bits per heavy atom. The van der Waals surface area contributed by atoms with E-state index in [0.717, 1.165) is 13.2 Å². The Labute approximate surface area is 84.9 Å². The summed E-state index contributed by atoms with van der Waals surface area (Å²) in [5.41, 5.74) is -0.908. The van der Waals surface area contributed by atoms with Gasteiger partial charge in [-0.05, 0) is 12.1 Å². The third kappa shape index (κ3) is 1.83. The molecular weight excluding hydrogens is 201 g/mol. The van der Waals surface area contributed by atoms with Crippen LogP contribution in [0.1, 0.15) is 26.3 Å². The smallest absolute Gasteiger partial charge is 0.340 e. The first kappa shape index (κ1) is 10.9. The summed E-state index contributed by atoms with van der Waals surface area (Å²) in [6.45, 7) is 0. The van der Waals surface area contributed by atoms with Crippen LogP contribution in [0.25, 0.3) is 0 Å². The van der Waals surface area contributed by atoms with Crippen LogP contribution in [0.5, 0.6) is 0 Å². The summed E-state index contributed by atoms with van der Waals surface area (Å²) < 4.78 is 17.8. The van der Waals surface area contributed by atoms with Crippen molar-refractivity contribution in [2.45, 2.75) is 0 Å². The van der Waals surface area contributed by atoms with Crippen molar-refractivity contribution in [3.63, 3.8) is 0 Å². The highest BCUT2D eigenvalue weighted by Crippen LogP contribution is 2.16. The second-order valence-corrected chi connectivity index (χ2v) is 2.61. The number of carbonyl (C=O) groups excluding carboxylic acids is 2. The Bertz CT molecular complexity index is 462. The van der Waals surface area contributed by atoms with Crippen molar-refractivity contribution in [3.05, 3.63) is 34.6 Å². The van der Waals surface area contributed by atoms with Gasteiger partial charge in [-0.25, -0.2) is 9.18 Å². The normalized spacial score (nSPS) is 9.13. The van der Waals surface area contributed by atoms with Gasteiger partial charge in [0.1, 0.15) is 5.82 Å². The van der Waals surface area contributed by atoms with Gasteiger partial charge in [0.2, 0.25) is 0 Å². The molecule has 15 heavy (non-hydrogen) atoms. The van der Waals surface area contributed by atoms with Crippen molar-refractivity contribution in [2.75, 3.05) is 7.11 Å². The highest BCUT2D eigenvalue weighted by Gasteiger charge is 2.18. The molecule has 0 fully saturated rings. The largest absolute Gasteiger partial charge is 0.465 e. The highest BCUT2D eigenvalue weighted by atomic mass is 19.1. The zero-order valence-corrected chi connectivity index (χ0v) is 7.78. The predicted octanol–water partition coefficient (Wildman–Crippen LogP) is 1.30. The van der Waals surface area contributed by atoms with Gasteiger partial charge in [0, 0.05) is 0 Å². The first-order chi connectivity index (χ1) is 7.15. The molecule has 76 valence electrons. The maximum Gasteiger partial charge on any atom is 0.340 e. The Kier molecular flexibility index (Phi) is 3.13. The summed E-state index contributed by atoms with van der Waals surface area (Å²) in [5.74, 6) is -1.92. The molecule has 0 aliphatic carbocycles. The van der Waals surface area contributed by atoms with Crippen molar-refractivity contribution >= 4 is 12.3 Å². The van der Waals surface area contributed by atoms with Crippen LogP contribution in [0.2, 0.25) is 0 Å². The average molecular weight is 207 g/mol. The molecule has 0 spiro atoms. The number of hydrogen-bond acceptors (Lipinski definition) is 4. The van der Waals surface area contributed by atoms with E-state index in [-0.39, 0.29) is 17.4 Å². The average Bonchev–Trinajstić information content (AvgIpc) is 2.27. The maximum atomic E-state index is 13.5. The summed E-state index contributed by atoms with van der Waals surface area (Å²) in [6, 6.07) is 3.95.